The number of rotatable bonds is 6. The topological polar surface area (TPSA) is 93.3 Å². The number of nitrogens with zero attached hydrogens (tertiary/aromatic N) is 3. The molecule has 0 saturated heterocycles. The summed E-state index contributed by atoms with van der Waals surface area (Å²) in [5.41, 5.74) is 1.29. The molecule has 0 atom stereocenters. The van der Waals surface area contributed by atoms with Gasteiger partial charge in [0.2, 0.25) is 0 Å². The number of hydrogen-bond donors (Lipinski definition) is 2. The van der Waals surface area contributed by atoms with Gasteiger partial charge >= 0.3 is 6.01 Å². The molecule has 0 bridgehead atoms. The highest BCUT2D eigenvalue weighted by Gasteiger charge is 2.50. The van der Waals surface area contributed by atoms with Gasteiger partial charge in [-0.1, -0.05) is 25.9 Å². The van der Waals surface area contributed by atoms with Crippen molar-refractivity contribution in [3.8, 4) is 17.3 Å². The van der Waals surface area contributed by atoms with Crippen LogP contribution >= 0.6 is 0 Å². The summed E-state index contributed by atoms with van der Waals surface area (Å²) in [5, 5.41) is 21.7. The fourth-order valence-electron chi connectivity index (χ4n) is 4.03. The number of pyridine rings is 1. The minimum Gasteiger partial charge on any atom is -0.494 e. The van der Waals surface area contributed by atoms with Crippen LogP contribution in [0.1, 0.15) is 51.7 Å². The van der Waals surface area contributed by atoms with E-state index in [1.807, 2.05) is 32.0 Å². The molecule has 1 aliphatic carbocycles. The molecule has 0 spiro atoms. The van der Waals surface area contributed by atoms with Crippen LogP contribution in [0.2, 0.25) is 0 Å². The average Bonchev–Trinajstić information content (AvgIpc) is 3.14. The molecule has 2 aromatic heterocycles. The van der Waals surface area contributed by atoms with Crippen molar-refractivity contribution in [1.29, 1.82) is 0 Å². The minimum atomic E-state index is -2.77. The maximum atomic E-state index is 12.8. The predicted molar refractivity (Wildman–Crippen MR) is 117 cm³/mol. The molecule has 0 aliphatic heterocycles. The van der Waals surface area contributed by atoms with E-state index in [9.17, 15) is 13.9 Å². The first-order chi connectivity index (χ1) is 15.0. The third-order valence-electron chi connectivity index (χ3n) is 5.79. The molecule has 32 heavy (non-hydrogen) atoms. The molecule has 9 heteroatoms. The zero-order valence-electron chi connectivity index (χ0n) is 18.9. The van der Waals surface area contributed by atoms with E-state index < -0.39 is 12.0 Å². The lowest BCUT2D eigenvalue weighted by Gasteiger charge is -2.42. The Labute approximate surface area is 185 Å². The summed E-state index contributed by atoms with van der Waals surface area (Å²) in [7, 11) is 0. The molecule has 172 valence electrons. The lowest BCUT2D eigenvalue weighted by molar-refractivity contribution is -0.148. The van der Waals surface area contributed by atoms with Crippen molar-refractivity contribution in [2.24, 2.45) is 0 Å². The summed E-state index contributed by atoms with van der Waals surface area (Å²) >= 11 is 0. The van der Waals surface area contributed by atoms with Crippen LogP contribution < -0.4 is 10.1 Å². The van der Waals surface area contributed by atoms with Crippen LogP contribution in [0, 0.1) is 6.92 Å². The molecule has 7 nitrogen and oxygen atoms in total. The van der Waals surface area contributed by atoms with Crippen LogP contribution in [-0.4, -0.2) is 45.0 Å². The fraction of sp³-hybridized carbons (Fsp3) is 0.522. The zero-order chi connectivity index (χ0) is 23.3. The number of hydrogen-bond acceptors (Lipinski definition) is 7. The van der Waals surface area contributed by atoms with Gasteiger partial charge in [-0.25, -0.2) is 13.8 Å². The third kappa shape index (κ3) is 4.13. The molecular weight excluding hydrogens is 418 g/mol. The van der Waals surface area contributed by atoms with Crippen LogP contribution in [0.15, 0.2) is 22.6 Å². The van der Waals surface area contributed by atoms with E-state index in [1.165, 1.54) is 0 Å². The van der Waals surface area contributed by atoms with Crippen LogP contribution in [0.25, 0.3) is 22.5 Å². The van der Waals surface area contributed by atoms with E-state index in [0.29, 0.717) is 12.3 Å². The summed E-state index contributed by atoms with van der Waals surface area (Å²) in [6.45, 7) is 10.9. The van der Waals surface area contributed by atoms with Crippen LogP contribution in [0.3, 0.4) is 0 Å². The molecule has 2 N–H and O–H groups in total. The van der Waals surface area contributed by atoms with Gasteiger partial charge in [-0.05, 0) is 48.6 Å². The smallest absolute Gasteiger partial charge is 0.316 e. The molecule has 4 rings (SSSR count). The van der Waals surface area contributed by atoms with Crippen LogP contribution in [0.4, 0.5) is 14.8 Å². The average molecular weight is 446 g/mol. The lowest BCUT2D eigenvalue weighted by atomic mass is 9.76. The Morgan fingerprint density at radius 1 is 1.25 bits per heavy atom. The largest absolute Gasteiger partial charge is 0.494 e. The van der Waals surface area contributed by atoms with E-state index in [-0.39, 0.29) is 36.2 Å². The van der Waals surface area contributed by atoms with Crippen molar-refractivity contribution in [2.75, 3.05) is 11.9 Å². The molecule has 1 aliphatic rings. The standard InChI is InChI=1S/C23H28F2N4O3/c1-6-31-14-8-15-12(2)7-17(27-18(15)16(9-14)22(3,4)5)19-28-29-21(32-19)26-13-10-23(30,11-13)20(24)25/h7-9,13,20,30H,6,10-11H2,1-5H3,(H,26,29)/t13-,23+. The number of fused-ring (bicyclic) bond motifs is 1. The maximum absolute atomic E-state index is 12.8. The van der Waals surface area contributed by atoms with Crippen molar-refractivity contribution < 1.29 is 23.0 Å². The Morgan fingerprint density at radius 3 is 2.59 bits per heavy atom. The highest BCUT2D eigenvalue weighted by atomic mass is 19.3. The fourth-order valence-corrected chi connectivity index (χ4v) is 4.03. The van der Waals surface area contributed by atoms with Crippen molar-refractivity contribution in [3.63, 3.8) is 0 Å². The highest BCUT2D eigenvalue weighted by molar-refractivity contribution is 5.89. The number of alkyl halides is 2. The molecule has 1 aromatic carbocycles. The Balaban J connectivity index is 1.65. The second kappa shape index (κ2) is 7.95. The van der Waals surface area contributed by atoms with E-state index in [4.69, 9.17) is 14.1 Å². The molecule has 0 unspecified atom stereocenters. The summed E-state index contributed by atoms with van der Waals surface area (Å²) in [6, 6.07) is 5.65. The second-order valence-electron chi connectivity index (χ2n) is 9.44. The molecule has 2 heterocycles. The Bertz CT molecular complexity index is 1130. The van der Waals surface area contributed by atoms with Crippen molar-refractivity contribution in [2.45, 2.75) is 70.9 Å². The van der Waals surface area contributed by atoms with Gasteiger partial charge in [-0.3, -0.25) is 0 Å². The maximum Gasteiger partial charge on any atom is 0.316 e. The first-order valence-electron chi connectivity index (χ1n) is 10.7. The first-order valence-corrected chi connectivity index (χ1v) is 10.7. The molecule has 0 amide bonds. The van der Waals surface area contributed by atoms with Crippen LogP contribution in [0.5, 0.6) is 5.75 Å². The van der Waals surface area contributed by atoms with Gasteiger partial charge in [0.1, 0.15) is 17.0 Å². The normalized spacial score (nSPS) is 21.1. The Hall–Kier alpha value is -2.81. The number of aromatic nitrogens is 3. The number of ether oxygens (including phenoxy) is 1. The van der Waals surface area contributed by atoms with E-state index in [0.717, 1.165) is 27.8 Å². The van der Waals surface area contributed by atoms with E-state index in [1.54, 1.807) is 0 Å². The monoisotopic (exact) mass is 446 g/mol. The summed E-state index contributed by atoms with van der Waals surface area (Å²) in [6.07, 6.45) is -2.93. The van der Waals surface area contributed by atoms with Crippen LogP contribution in [-0.2, 0) is 5.41 Å². The lowest BCUT2D eigenvalue weighted by Crippen LogP contribution is -2.55. The van der Waals surface area contributed by atoms with Crippen molar-refractivity contribution in [3.05, 3.63) is 29.3 Å². The number of anilines is 1. The van der Waals surface area contributed by atoms with Gasteiger partial charge in [0.05, 0.1) is 12.1 Å². The molecule has 3 aromatic rings. The van der Waals surface area contributed by atoms with Gasteiger partial charge in [0, 0.05) is 24.3 Å². The van der Waals surface area contributed by atoms with Gasteiger partial charge in [-0.2, -0.15) is 0 Å². The second-order valence-corrected chi connectivity index (χ2v) is 9.44. The van der Waals surface area contributed by atoms with E-state index >= 15 is 0 Å². The quantitative estimate of drug-likeness (QED) is 0.558. The summed E-state index contributed by atoms with van der Waals surface area (Å²) in [4.78, 5) is 4.83. The number of aliphatic hydroxyl groups is 1. The SMILES string of the molecule is CCOc1cc(C(C)(C)C)c2nc(-c3nnc(N[C@H]4C[C@](O)(C(F)F)C4)o3)cc(C)c2c1. The molecule has 1 saturated carbocycles. The third-order valence-corrected chi connectivity index (χ3v) is 5.79. The first kappa shape index (κ1) is 22.4. The number of nitrogens with one attached hydrogen (secondary N) is 1. The van der Waals surface area contributed by atoms with Gasteiger partial charge in [-0.15, -0.1) is 5.10 Å². The summed E-state index contributed by atoms with van der Waals surface area (Å²) in [5.74, 6) is 1.03. The van der Waals surface area contributed by atoms with E-state index in [2.05, 4.69) is 36.3 Å². The number of aryl methyl sites for hydroxylation is 1. The zero-order valence-corrected chi connectivity index (χ0v) is 18.9. The van der Waals surface area contributed by atoms with Gasteiger partial charge in [0.25, 0.3) is 12.3 Å². The molecular formula is C23H28F2N4O3. The minimum absolute atomic E-state index is 0.0766. The summed E-state index contributed by atoms with van der Waals surface area (Å²) < 4.78 is 37.1. The molecule has 0 radical (unpaired) electrons. The number of benzene rings is 1. The number of halogens is 2. The van der Waals surface area contributed by atoms with Crippen molar-refractivity contribution >= 4 is 16.9 Å². The molecule has 1 fully saturated rings. The highest BCUT2D eigenvalue weighted by Crippen LogP contribution is 2.39. The van der Waals surface area contributed by atoms with Crippen molar-refractivity contribution in [1.82, 2.24) is 15.2 Å². The van der Waals surface area contributed by atoms with Gasteiger partial charge in [0.15, 0.2) is 0 Å². The Kier molecular flexibility index (Phi) is 5.56. The van der Waals surface area contributed by atoms with Gasteiger partial charge < -0.3 is 19.6 Å². The Morgan fingerprint density at radius 2 is 1.97 bits per heavy atom. The predicted octanol–water partition coefficient (Wildman–Crippen LogP) is 4.86.